The van der Waals surface area contributed by atoms with Gasteiger partial charge < -0.3 is 9.64 Å². The van der Waals surface area contributed by atoms with Crippen LogP contribution in [0.4, 0.5) is 0 Å². The number of carbonyl (C=O) groups excluding carboxylic acids is 1. The van der Waals surface area contributed by atoms with Crippen LogP contribution in [0.2, 0.25) is 0 Å². The summed E-state index contributed by atoms with van der Waals surface area (Å²) >= 11 is 1.89. The van der Waals surface area contributed by atoms with Gasteiger partial charge in [-0.05, 0) is 37.7 Å². The number of hydrogen-bond acceptors (Lipinski definition) is 3. The number of ether oxygens (including phenoxy) is 1. The Bertz CT molecular complexity index is 264. The van der Waals surface area contributed by atoms with Crippen molar-refractivity contribution in [2.45, 2.75) is 19.8 Å². The van der Waals surface area contributed by atoms with Crippen LogP contribution in [0, 0.1) is 11.3 Å². The highest BCUT2D eigenvalue weighted by Crippen LogP contribution is 2.31. The summed E-state index contributed by atoms with van der Waals surface area (Å²) in [5, 5.41) is 0. The van der Waals surface area contributed by atoms with Gasteiger partial charge >= 0.3 is 0 Å². The molecule has 2 heterocycles. The Morgan fingerprint density at radius 1 is 1.56 bits per heavy atom. The summed E-state index contributed by atoms with van der Waals surface area (Å²) in [5.41, 5.74) is -0.221. The molecule has 0 unspecified atom stereocenters. The molecule has 2 rings (SSSR count). The van der Waals surface area contributed by atoms with Gasteiger partial charge in [-0.3, -0.25) is 4.79 Å². The Kier molecular flexibility index (Phi) is 3.80. The average Bonchev–Trinajstić information content (AvgIpc) is 2.26. The van der Waals surface area contributed by atoms with Crippen LogP contribution in [0.5, 0.6) is 0 Å². The number of carbonyl (C=O) groups is 1. The minimum Gasteiger partial charge on any atom is -0.379 e. The molecular formula is C12H21NO2S. The molecule has 1 atom stereocenters. The highest BCUT2D eigenvalue weighted by atomic mass is 32.2. The quantitative estimate of drug-likeness (QED) is 0.754. The van der Waals surface area contributed by atoms with Gasteiger partial charge in [0, 0.05) is 13.1 Å². The third-order valence-corrected chi connectivity index (χ3v) is 4.37. The van der Waals surface area contributed by atoms with E-state index in [1.165, 1.54) is 12.2 Å². The van der Waals surface area contributed by atoms with E-state index in [4.69, 9.17) is 4.74 Å². The lowest BCUT2D eigenvalue weighted by atomic mass is 9.85. The third-order valence-electron chi connectivity index (χ3n) is 3.57. The second-order valence-electron chi connectivity index (χ2n) is 5.27. The Labute approximate surface area is 102 Å². The number of piperidine rings is 1. The number of likely N-dealkylation sites (tertiary alicyclic amines) is 1. The van der Waals surface area contributed by atoms with Crippen molar-refractivity contribution in [3.05, 3.63) is 0 Å². The van der Waals surface area contributed by atoms with Gasteiger partial charge in [0.15, 0.2) is 0 Å². The van der Waals surface area contributed by atoms with E-state index in [9.17, 15) is 4.79 Å². The zero-order valence-electron chi connectivity index (χ0n) is 10.2. The Morgan fingerprint density at radius 2 is 2.31 bits per heavy atom. The average molecular weight is 243 g/mol. The van der Waals surface area contributed by atoms with E-state index in [1.54, 1.807) is 0 Å². The van der Waals surface area contributed by atoms with Crippen LogP contribution >= 0.6 is 11.8 Å². The van der Waals surface area contributed by atoms with Crippen molar-refractivity contribution in [3.63, 3.8) is 0 Å². The fourth-order valence-electron chi connectivity index (χ4n) is 2.53. The normalized spacial score (nSPS) is 28.6. The summed E-state index contributed by atoms with van der Waals surface area (Å²) in [6.07, 6.45) is 4.58. The van der Waals surface area contributed by atoms with Gasteiger partial charge in [0.1, 0.15) is 0 Å². The van der Waals surface area contributed by atoms with Crippen molar-refractivity contribution in [2.24, 2.45) is 11.3 Å². The Hall–Kier alpha value is -0.220. The SMILES string of the molecule is CSC[C@@H]1CCCN(C(=O)C2(C)COC2)C1. The second-order valence-corrected chi connectivity index (χ2v) is 6.18. The van der Waals surface area contributed by atoms with Crippen LogP contribution in [-0.4, -0.2) is 49.1 Å². The molecule has 92 valence electrons. The van der Waals surface area contributed by atoms with Crippen molar-refractivity contribution in [1.82, 2.24) is 4.90 Å². The van der Waals surface area contributed by atoms with Crippen molar-refractivity contribution in [2.75, 3.05) is 38.3 Å². The van der Waals surface area contributed by atoms with Crippen molar-refractivity contribution in [1.29, 1.82) is 0 Å². The molecule has 2 saturated heterocycles. The van der Waals surface area contributed by atoms with Gasteiger partial charge in [-0.1, -0.05) is 0 Å². The number of hydrogen-bond donors (Lipinski definition) is 0. The molecular weight excluding hydrogens is 222 g/mol. The molecule has 0 bridgehead atoms. The molecule has 0 aromatic rings. The zero-order valence-corrected chi connectivity index (χ0v) is 11.0. The maximum Gasteiger partial charge on any atom is 0.233 e. The van der Waals surface area contributed by atoms with Gasteiger partial charge in [0.25, 0.3) is 0 Å². The predicted molar refractivity (Wildman–Crippen MR) is 66.6 cm³/mol. The number of amides is 1. The predicted octanol–water partition coefficient (Wildman–Crippen LogP) is 1.62. The first kappa shape index (κ1) is 12.2. The van der Waals surface area contributed by atoms with Crippen LogP contribution in [0.25, 0.3) is 0 Å². The highest BCUT2D eigenvalue weighted by Gasteiger charge is 2.44. The van der Waals surface area contributed by atoms with Crippen molar-refractivity contribution >= 4 is 17.7 Å². The standard InChI is InChI=1S/C12H21NO2S/c1-12(8-15-9-12)11(14)13-5-3-4-10(6-13)7-16-2/h10H,3-9H2,1-2H3/t10-/m1/s1. The summed E-state index contributed by atoms with van der Waals surface area (Å²) in [4.78, 5) is 14.4. The molecule has 0 spiro atoms. The van der Waals surface area contributed by atoms with E-state index in [2.05, 4.69) is 11.2 Å². The van der Waals surface area contributed by atoms with Gasteiger partial charge in [-0.25, -0.2) is 0 Å². The van der Waals surface area contributed by atoms with E-state index in [0.717, 1.165) is 19.5 Å². The fraction of sp³-hybridized carbons (Fsp3) is 0.917. The maximum atomic E-state index is 12.3. The summed E-state index contributed by atoms with van der Waals surface area (Å²) in [7, 11) is 0. The van der Waals surface area contributed by atoms with Crippen molar-refractivity contribution < 1.29 is 9.53 Å². The van der Waals surface area contributed by atoms with E-state index in [1.807, 2.05) is 18.7 Å². The lowest BCUT2D eigenvalue weighted by molar-refractivity contribution is -0.170. The summed E-state index contributed by atoms with van der Waals surface area (Å²) in [5.74, 6) is 2.18. The zero-order chi connectivity index (χ0) is 11.6. The van der Waals surface area contributed by atoms with Gasteiger partial charge in [0.05, 0.1) is 18.6 Å². The first-order valence-electron chi connectivity index (χ1n) is 6.02. The topological polar surface area (TPSA) is 29.5 Å². The maximum absolute atomic E-state index is 12.3. The monoisotopic (exact) mass is 243 g/mol. The number of nitrogens with zero attached hydrogens (tertiary/aromatic N) is 1. The van der Waals surface area contributed by atoms with E-state index in [0.29, 0.717) is 25.0 Å². The van der Waals surface area contributed by atoms with Crippen LogP contribution in [0.3, 0.4) is 0 Å². The first-order chi connectivity index (χ1) is 7.65. The first-order valence-corrected chi connectivity index (χ1v) is 7.41. The second kappa shape index (κ2) is 4.96. The minimum absolute atomic E-state index is 0.221. The summed E-state index contributed by atoms with van der Waals surface area (Å²) in [6.45, 7) is 5.14. The van der Waals surface area contributed by atoms with E-state index < -0.39 is 0 Å². The number of rotatable bonds is 3. The number of thioether (sulfide) groups is 1. The minimum atomic E-state index is -0.221. The van der Waals surface area contributed by atoms with E-state index >= 15 is 0 Å². The molecule has 0 N–H and O–H groups in total. The fourth-order valence-corrected chi connectivity index (χ4v) is 3.28. The summed E-state index contributed by atoms with van der Waals surface area (Å²) < 4.78 is 5.17. The van der Waals surface area contributed by atoms with Crippen LogP contribution in [-0.2, 0) is 9.53 Å². The molecule has 0 aromatic carbocycles. The van der Waals surface area contributed by atoms with Crippen LogP contribution < -0.4 is 0 Å². The molecule has 3 nitrogen and oxygen atoms in total. The van der Waals surface area contributed by atoms with Gasteiger partial charge in [-0.15, -0.1) is 0 Å². The Morgan fingerprint density at radius 3 is 2.88 bits per heavy atom. The third kappa shape index (κ3) is 2.38. The van der Waals surface area contributed by atoms with Gasteiger partial charge in [0.2, 0.25) is 5.91 Å². The lowest BCUT2D eigenvalue weighted by Gasteiger charge is -2.43. The molecule has 0 aromatic heterocycles. The molecule has 16 heavy (non-hydrogen) atoms. The molecule has 4 heteroatoms. The van der Waals surface area contributed by atoms with E-state index in [-0.39, 0.29) is 5.41 Å². The largest absolute Gasteiger partial charge is 0.379 e. The molecule has 2 aliphatic heterocycles. The van der Waals surface area contributed by atoms with Crippen LogP contribution in [0.15, 0.2) is 0 Å². The summed E-state index contributed by atoms with van der Waals surface area (Å²) in [6, 6.07) is 0. The molecule has 2 fully saturated rings. The van der Waals surface area contributed by atoms with Gasteiger partial charge in [-0.2, -0.15) is 11.8 Å². The molecule has 0 radical (unpaired) electrons. The van der Waals surface area contributed by atoms with Crippen molar-refractivity contribution in [3.8, 4) is 0 Å². The molecule has 2 aliphatic rings. The molecule has 1 amide bonds. The lowest BCUT2D eigenvalue weighted by Crippen LogP contribution is -2.55. The smallest absolute Gasteiger partial charge is 0.233 e. The Balaban J connectivity index is 1.91. The van der Waals surface area contributed by atoms with Crippen LogP contribution in [0.1, 0.15) is 19.8 Å². The highest BCUT2D eigenvalue weighted by molar-refractivity contribution is 7.98. The molecule has 0 aliphatic carbocycles. The molecule has 0 saturated carbocycles.